The Kier molecular flexibility index (Phi) is 4.50. The van der Waals surface area contributed by atoms with Crippen LogP contribution >= 0.6 is 0 Å². The second kappa shape index (κ2) is 7.31. The number of carbonyl (C=O) groups excluding carboxylic acids is 2. The summed E-state index contributed by atoms with van der Waals surface area (Å²) in [6.07, 6.45) is 4.93. The summed E-state index contributed by atoms with van der Waals surface area (Å²) in [7, 11) is 0. The highest BCUT2D eigenvalue weighted by Crippen LogP contribution is 2.20. The minimum atomic E-state index is -0.0774. The average Bonchev–Trinajstić information content (AvgIpc) is 3.22. The maximum absolute atomic E-state index is 13.0. The fourth-order valence-electron chi connectivity index (χ4n) is 4.24. The van der Waals surface area contributed by atoms with Gasteiger partial charge < -0.3 is 9.80 Å². The van der Waals surface area contributed by atoms with E-state index in [1.54, 1.807) is 16.0 Å². The third-order valence-electron chi connectivity index (χ3n) is 5.87. The number of nitrogens with zero attached hydrogens (tertiary/aromatic N) is 5. The lowest BCUT2D eigenvalue weighted by Crippen LogP contribution is -2.50. The molecular formula is C22H23N5O2. The monoisotopic (exact) mass is 389 g/mol. The molecule has 3 aromatic rings. The molecule has 1 aromatic carbocycles. The molecule has 0 spiro atoms. The zero-order valence-corrected chi connectivity index (χ0v) is 16.3. The van der Waals surface area contributed by atoms with Gasteiger partial charge >= 0.3 is 0 Å². The summed E-state index contributed by atoms with van der Waals surface area (Å²) < 4.78 is 1.96. The summed E-state index contributed by atoms with van der Waals surface area (Å²) in [6.45, 7) is 2.92. The Labute approximate surface area is 168 Å². The molecule has 0 bridgehead atoms. The zero-order chi connectivity index (χ0) is 19.8. The fraction of sp³-hybridized carbons (Fsp3) is 0.364. The number of benzene rings is 1. The summed E-state index contributed by atoms with van der Waals surface area (Å²) >= 11 is 0. The number of rotatable bonds is 2. The van der Waals surface area contributed by atoms with Crippen LogP contribution in [-0.2, 0) is 13.0 Å². The van der Waals surface area contributed by atoms with Gasteiger partial charge in [0.1, 0.15) is 5.69 Å². The smallest absolute Gasteiger partial charge is 0.274 e. The maximum atomic E-state index is 13.0. The van der Waals surface area contributed by atoms with Crippen molar-refractivity contribution in [3.63, 3.8) is 0 Å². The Balaban J connectivity index is 1.28. The van der Waals surface area contributed by atoms with Crippen LogP contribution in [0.1, 0.15) is 39.5 Å². The molecule has 2 aliphatic heterocycles. The largest absolute Gasteiger partial charge is 0.334 e. The van der Waals surface area contributed by atoms with E-state index in [0.29, 0.717) is 37.6 Å². The summed E-state index contributed by atoms with van der Waals surface area (Å²) in [5.74, 6) is -0.117. The summed E-state index contributed by atoms with van der Waals surface area (Å²) in [5.41, 5.74) is 2.15. The van der Waals surface area contributed by atoms with Crippen molar-refractivity contribution in [3.8, 4) is 0 Å². The zero-order valence-electron chi connectivity index (χ0n) is 16.3. The Bertz CT molecular complexity index is 1050. The molecule has 0 N–H and O–H groups in total. The number of hydrogen-bond donors (Lipinski definition) is 0. The summed E-state index contributed by atoms with van der Waals surface area (Å²) in [4.78, 5) is 33.8. The topological polar surface area (TPSA) is 71.3 Å². The predicted molar refractivity (Wildman–Crippen MR) is 109 cm³/mol. The van der Waals surface area contributed by atoms with Gasteiger partial charge in [0.05, 0.1) is 0 Å². The van der Waals surface area contributed by atoms with Crippen molar-refractivity contribution in [3.05, 3.63) is 59.7 Å². The second-order valence-electron chi connectivity index (χ2n) is 7.67. The molecule has 0 atom stereocenters. The van der Waals surface area contributed by atoms with Gasteiger partial charge in [0.2, 0.25) is 0 Å². The highest BCUT2D eigenvalue weighted by atomic mass is 16.2. The first-order valence-corrected chi connectivity index (χ1v) is 10.2. The van der Waals surface area contributed by atoms with Crippen molar-refractivity contribution in [2.24, 2.45) is 0 Å². The molecule has 5 rings (SSSR count). The van der Waals surface area contributed by atoms with E-state index in [1.165, 1.54) is 0 Å². The fourth-order valence-corrected chi connectivity index (χ4v) is 4.24. The number of carbonyl (C=O) groups is 2. The van der Waals surface area contributed by atoms with E-state index in [0.717, 1.165) is 42.3 Å². The lowest BCUT2D eigenvalue weighted by Gasteiger charge is -2.34. The van der Waals surface area contributed by atoms with E-state index < -0.39 is 0 Å². The molecule has 2 aliphatic rings. The first-order valence-electron chi connectivity index (χ1n) is 10.2. The van der Waals surface area contributed by atoms with Crippen molar-refractivity contribution < 1.29 is 9.59 Å². The van der Waals surface area contributed by atoms with Crippen LogP contribution in [0.15, 0.2) is 42.6 Å². The van der Waals surface area contributed by atoms with E-state index in [-0.39, 0.29) is 11.8 Å². The molecule has 0 radical (unpaired) electrons. The summed E-state index contributed by atoms with van der Waals surface area (Å²) in [5, 5.41) is 6.36. The van der Waals surface area contributed by atoms with Crippen LogP contribution in [0.4, 0.5) is 0 Å². The van der Waals surface area contributed by atoms with E-state index in [2.05, 4.69) is 10.1 Å². The van der Waals surface area contributed by atoms with Crippen LogP contribution in [0.25, 0.3) is 10.8 Å². The molecule has 1 fully saturated rings. The lowest BCUT2D eigenvalue weighted by molar-refractivity contribution is 0.0530. The number of hydrogen-bond acceptors (Lipinski definition) is 4. The van der Waals surface area contributed by atoms with Gasteiger partial charge in [-0.25, -0.2) is 0 Å². The lowest BCUT2D eigenvalue weighted by atomic mass is 10.1. The standard InChI is InChI=1S/C22H23N5O2/c28-21(19-15-17-6-3-4-10-27(17)24-19)25-11-13-26(14-12-25)22(29)20-18-7-2-1-5-16(18)8-9-23-20/h1-2,5,7-9,15H,3-4,6,10-14H2. The first-order chi connectivity index (χ1) is 14.2. The van der Waals surface area contributed by atoms with Crippen LogP contribution in [-0.4, -0.2) is 62.6 Å². The Morgan fingerprint density at radius 1 is 0.862 bits per heavy atom. The van der Waals surface area contributed by atoms with Crippen LogP contribution < -0.4 is 0 Å². The average molecular weight is 389 g/mol. The molecule has 0 saturated carbocycles. The molecule has 2 amide bonds. The quantitative estimate of drug-likeness (QED) is 0.675. The number of pyridine rings is 1. The Hall–Kier alpha value is -3.22. The van der Waals surface area contributed by atoms with Crippen molar-refractivity contribution in [2.45, 2.75) is 25.8 Å². The van der Waals surface area contributed by atoms with Gasteiger partial charge in [-0.1, -0.05) is 24.3 Å². The highest BCUT2D eigenvalue weighted by Gasteiger charge is 2.28. The van der Waals surface area contributed by atoms with E-state index >= 15 is 0 Å². The normalized spacial score (nSPS) is 16.7. The van der Waals surface area contributed by atoms with Crippen LogP contribution in [0, 0.1) is 0 Å². The van der Waals surface area contributed by atoms with Gasteiger partial charge in [-0.3, -0.25) is 19.3 Å². The minimum Gasteiger partial charge on any atom is -0.334 e. The van der Waals surface area contributed by atoms with Crippen LogP contribution in [0.2, 0.25) is 0 Å². The number of fused-ring (bicyclic) bond motifs is 2. The summed E-state index contributed by atoms with van der Waals surface area (Å²) in [6, 6.07) is 11.6. The molecule has 7 nitrogen and oxygen atoms in total. The molecular weight excluding hydrogens is 366 g/mol. The second-order valence-corrected chi connectivity index (χ2v) is 7.67. The van der Waals surface area contributed by atoms with Crippen molar-refractivity contribution in [1.29, 1.82) is 0 Å². The molecule has 1 saturated heterocycles. The third kappa shape index (κ3) is 3.26. The first kappa shape index (κ1) is 17.8. The third-order valence-corrected chi connectivity index (χ3v) is 5.87. The van der Waals surface area contributed by atoms with E-state index in [1.807, 2.05) is 41.1 Å². The SMILES string of the molecule is O=C(c1cc2n(n1)CCCC2)N1CCN(C(=O)c2nccc3ccccc23)CC1. The molecule has 7 heteroatoms. The van der Waals surface area contributed by atoms with Gasteiger partial charge in [0, 0.05) is 50.0 Å². The van der Waals surface area contributed by atoms with Gasteiger partial charge in [-0.2, -0.15) is 5.10 Å². The van der Waals surface area contributed by atoms with Crippen LogP contribution in [0.5, 0.6) is 0 Å². The van der Waals surface area contributed by atoms with Crippen molar-refractivity contribution in [1.82, 2.24) is 24.6 Å². The molecule has 148 valence electrons. The van der Waals surface area contributed by atoms with E-state index in [9.17, 15) is 9.59 Å². The van der Waals surface area contributed by atoms with Gasteiger partial charge in [0.15, 0.2) is 5.69 Å². The Morgan fingerprint density at radius 3 is 2.41 bits per heavy atom. The molecule has 0 unspecified atom stereocenters. The number of piperazine rings is 1. The van der Waals surface area contributed by atoms with Gasteiger partial charge in [0.25, 0.3) is 11.8 Å². The van der Waals surface area contributed by atoms with Gasteiger partial charge in [-0.05, 0) is 36.8 Å². The molecule has 29 heavy (non-hydrogen) atoms. The number of amides is 2. The predicted octanol–water partition coefficient (Wildman–Crippen LogP) is 2.37. The highest BCUT2D eigenvalue weighted by molar-refractivity contribution is 6.05. The Morgan fingerprint density at radius 2 is 1.62 bits per heavy atom. The minimum absolute atomic E-state index is 0.0396. The maximum Gasteiger partial charge on any atom is 0.274 e. The molecule has 4 heterocycles. The molecule has 0 aliphatic carbocycles. The number of aromatic nitrogens is 3. The molecule has 2 aromatic heterocycles. The van der Waals surface area contributed by atoms with Crippen LogP contribution in [0.3, 0.4) is 0 Å². The number of aryl methyl sites for hydroxylation is 2. The van der Waals surface area contributed by atoms with Crippen molar-refractivity contribution in [2.75, 3.05) is 26.2 Å². The van der Waals surface area contributed by atoms with E-state index in [4.69, 9.17) is 0 Å². The van der Waals surface area contributed by atoms with Gasteiger partial charge in [-0.15, -0.1) is 0 Å². The van der Waals surface area contributed by atoms with Crippen molar-refractivity contribution >= 4 is 22.6 Å².